The van der Waals surface area contributed by atoms with Crippen LogP contribution in [0.1, 0.15) is 5.56 Å². The predicted octanol–water partition coefficient (Wildman–Crippen LogP) is 4.27. The molecule has 21 heavy (non-hydrogen) atoms. The maximum atomic E-state index is 13.4. The van der Waals surface area contributed by atoms with E-state index in [9.17, 15) is 14.5 Å². The van der Waals surface area contributed by atoms with Crippen LogP contribution in [0.15, 0.2) is 36.4 Å². The van der Waals surface area contributed by atoms with Gasteiger partial charge in [-0.1, -0.05) is 0 Å². The number of rotatable bonds is 5. The molecule has 0 saturated carbocycles. The van der Waals surface area contributed by atoms with Crippen molar-refractivity contribution < 1.29 is 18.8 Å². The van der Waals surface area contributed by atoms with Crippen LogP contribution in [0.3, 0.4) is 0 Å². The summed E-state index contributed by atoms with van der Waals surface area (Å²) in [5.74, 6) is 0.0552. The van der Waals surface area contributed by atoms with E-state index in [4.69, 9.17) is 21.1 Å². The van der Waals surface area contributed by atoms with Crippen molar-refractivity contribution in [3.8, 4) is 17.2 Å². The number of nitro groups is 1. The molecule has 5 nitrogen and oxygen atoms in total. The molecule has 0 fully saturated rings. The molecule has 0 spiro atoms. The molecule has 2 aromatic rings. The Hall–Kier alpha value is -2.34. The van der Waals surface area contributed by atoms with E-state index in [1.807, 2.05) is 0 Å². The summed E-state index contributed by atoms with van der Waals surface area (Å²) in [5, 5.41) is 11.0. The van der Waals surface area contributed by atoms with Gasteiger partial charge in [0.15, 0.2) is 0 Å². The number of nitrogens with zero attached hydrogens (tertiary/aromatic N) is 1. The van der Waals surface area contributed by atoms with Crippen LogP contribution in [-0.2, 0) is 5.88 Å². The van der Waals surface area contributed by atoms with Gasteiger partial charge >= 0.3 is 5.69 Å². The minimum Gasteiger partial charge on any atom is -0.497 e. The van der Waals surface area contributed by atoms with Crippen LogP contribution in [0.25, 0.3) is 0 Å². The zero-order chi connectivity index (χ0) is 15.4. The van der Waals surface area contributed by atoms with Gasteiger partial charge in [0, 0.05) is 24.1 Å². The number of methoxy groups -OCH3 is 1. The standard InChI is InChI=1S/C14H11ClFNO4/c1-20-11-2-3-13(17(18)19)14(7-11)21-12-5-9(8-15)4-10(16)6-12/h2-7H,8H2,1H3. The summed E-state index contributed by atoms with van der Waals surface area (Å²) in [7, 11) is 1.43. The van der Waals surface area contributed by atoms with E-state index >= 15 is 0 Å². The third-order valence-corrected chi connectivity index (χ3v) is 2.99. The molecule has 0 aliphatic rings. The fraction of sp³-hybridized carbons (Fsp3) is 0.143. The van der Waals surface area contributed by atoms with Crippen molar-refractivity contribution in [2.24, 2.45) is 0 Å². The molecule has 0 N–H and O–H groups in total. The molecule has 0 unspecified atom stereocenters. The van der Waals surface area contributed by atoms with Crippen LogP contribution in [-0.4, -0.2) is 12.0 Å². The van der Waals surface area contributed by atoms with Crippen LogP contribution in [0.2, 0.25) is 0 Å². The summed E-state index contributed by atoms with van der Waals surface area (Å²) in [6.07, 6.45) is 0. The second-order valence-electron chi connectivity index (χ2n) is 4.12. The van der Waals surface area contributed by atoms with Crippen LogP contribution in [0.4, 0.5) is 10.1 Å². The molecule has 0 heterocycles. The SMILES string of the molecule is COc1ccc([N+](=O)[O-])c(Oc2cc(F)cc(CCl)c2)c1. The molecule has 0 radical (unpaired) electrons. The highest BCUT2D eigenvalue weighted by Gasteiger charge is 2.17. The maximum Gasteiger partial charge on any atom is 0.311 e. The van der Waals surface area contributed by atoms with Gasteiger partial charge in [-0.15, -0.1) is 11.6 Å². The first-order valence-corrected chi connectivity index (χ1v) is 6.42. The van der Waals surface area contributed by atoms with Gasteiger partial charge in [0.1, 0.15) is 17.3 Å². The molecule has 110 valence electrons. The van der Waals surface area contributed by atoms with E-state index in [1.165, 1.54) is 37.4 Å². The minimum absolute atomic E-state index is 0.0366. The summed E-state index contributed by atoms with van der Waals surface area (Å²) < 4.78 is 23.8. The van der Waals surface area contributed by atoms with Crippen LogP contribution < -0.4 is 9.47 Å². The van der Waals surface area contributed by atoms with Gasteiger partial charge in [-0.25, -0.2) is 4.39 Å². The molecule has 0 aliphatic carbocycles. The normalized spacial score (nSPS) is 10.2. The van der Waals surface area contributed by atoms with Gasteiger partial charge in [-0.3, -0.25) is 10.1 Å². The minimum atomic E-state index is -0.587. The number of ether oxygens (including phenoxy) is 2. The van der Waals surface area contributed by atoms with Gasteiger partial charge in [0.25, 0.3) is 0 Å². The average molecular weight is 312 g/mol. The van der Waals surface area contributed by atoms with Crippen molar-refractivity contribution >= 4 is 17.3 Å². The van der Waals surface area contributed by atoms with Crippen LogP contribution >= 0.6 is 11.6 Å². The Balaban J connectivity index is 2.42. The Morgan fingerprint density at radius 1 is 1.24 bits per heavy atom. The smallest absolute Gasteiger partial charge is 0.311 e. The molecular formula is C14H11ClFNO4. The van der Waals surface area contributed by atoms with Gasteiger partial charge in [-0.2, -0.15) is 0 Å². The van der Waals surface area contributed by atoms with E-state index < -0.39 is 10.7 Å². The Kier molecular flexibility index (Phi) is 4.59. The fourth-order valence-electron chi connectivity index (χ4n) is 1.74. The van der Waals surface area contributed by atoms with Gasteiger partial charge in [0.05, 0.1) is 12.0 Å². The van der Waals surface area contributed by atoms with E-state index in [2.05, 4.69) is 0 Å². The van der Waals surface area contributed by atoms with Gasteiger partial charge in [-0.05, 0) is 23.8 Å². The average Bonchev–Trinajstić information content (AvgIpc) is 2.46. The molecule has 2 aromatic carbocycles. The topological polar surface area (TPSA) is 61.6 Å². The van der Waals surface area contributed by atoms with Gasteiger partial charge < -0.3 is 9.47 Å². The lowest BCUT2D eigenvalue weighted by Gasteiger charge is -2.09. The Bertz CT molecular complexity index is 678. The number of nitro benzene ring substituents is 1. The quantitative estimate of drug-likeness (QED) is 0.470. The molecule has 0 aliphatic heterocycles. The van der Waals surface area contributed by atoms with E-state index in [1.54, 1.807) is 0 Å². The third-order valence-electron chi connectivity index (χ3n) is 2.68. The van der Waals surface area contributed by atoms with Crippen molar-refractivity contribution in [3.63, 3.8) is 0 Å². The highest BCUT2D eigenvalue weighted by molar-refractivity contribution is 6.17. The summed E-state index contributed by atoms with van der Waals surface area (Å²) in [5.41, 5.74) is 0.268. The molecule has 7 heteroatoms. The first-order chi connectivity index (χ1) is 10.0. The lowest BCUT2D eigenvalue weighted by Crippen LogP contribution is -1.95. The van der Waals surface area contributed by atoms with Crippen LogP contribution in [0, 0.1) is 15.9 Å². The Morgan fingerprint density at radius 3 is 2.62 bits per heavy atom. The first kappa shape index (κ1) is 15.1. The van der Waals surface area contributed by atoms with Crippen molar-refractivity contribution in [2.45, 2.75) is 5.88 Å². The molecule has 0 bridgehead atoms. The van der Waals surface area contributed by atoms with Crippen LogP contribution in [0.5, 0.6) is 17.2 Å². The summed E-state index contributed by atoms with van der Waals surface area (Å²) in [6.45, 7) is 0. The number of hydrogen-bond donors (Lipinski definition) is 0. The van der Waals surface area contributed by atoms with Gasteiger partial charge in [0.2, 0.25) is 5.75 Å². The summed E-state index contributed by atoms with van der Waals surface area (Å²) in [6, 6.07) is 7.97. The highest BCUT2D eigenvalue weighted by atomic mass is 35.5. The van der Waals surface area contributed by atoms with Crippen molar-refractivity contribution in [1.82, 2.24) is 0 Å². The fourth-order valence-corrected chi connectivity index (χ4v) is 1.89. The number of hydrogen-bond acceptors (Lipinski definition) is 4. The van der Waals surface area contributed by atoms with E-state index in [0.29, 0.717) is 11.3 Å². The lowest BCUT2D eigenvalue weighted by atomic mass is 10.2. The first-order valence-electron chi connectivity index (χ1n) is 5.89. The van der Waals surface area contributed by atoms with E-state index in [0.717, 1.165) is 6.07 Å². The molecule has 2 rings (SSSR count). The monoisotopic (exact) mass is 311 g/mol. The zero-order valence-corrected chi connectivity index (χ0v) is 11.8. The maximum absolute atomic E-state index is 13.4. The Morgan fingerprint density at radius 2 is 2.00 bits per heavy atom. The summed E-state index contributed by atoms with van der Waals surface area (Å²) in [4.78, 5) is 10.4. The zero-order valence-electron chi connectivity index (χ0n) is 11.0. The molecule has 0 saturated heterocycles. The lowest BCUT2D eigenvalue weighted by molar-refractivity contribution is -0.385. The summed E-state index contributed by atoms with van der Waals surface area (Å²) >= 11 is 5.65. The largest absolute Gasteiger partial charge is 0.497 e. The Labute approximate surface area is 125 Å². The van der Waals surface area contributed by atoms with Crippen molar-refractivity contribution in [1.29, 1.82) is 0 Å². The van der Waals surface area contributed by atoms with E-state index in [-0.39, 0.29) is 23.1 Å². The highest BCUT2D eigenvalue weighted by Crippen LogP contribution is 2.35. The molecule has 0 amide bonds. The number of alkyl halides is 1. The number of halogens is 2. The van der Waals surface area contributed by atoms with Crippen molar-refractivity contribution in [3.05, 3.63) is 57.9 Å². The van der Waals surface area contributed by atoms with Crippen molar-refractivity contribution in [2.75, 3.05) is 7.11 Å². The second kappa shape index (κ2) is 6.41. The molecular weight excluding hydrogens is 301 g/mol. The third kappa shape index (κ3) is 3.61. The molecule has 0 aromatic heterocycles. The predicted molar refractivity (Wildman–Crippen MR) is 75.7 cm³/mol. The molecule has 0 atom stereocenters. The second-order valence-corrected chi connectivity index (χ2v) is 4.39. The number of benzene rings is 2.